The van der Waals surface area contributed by atoms with Crippen molar-refractivity contribution in [2.24, 2.45) is 0 Å². The number of nitrogens with zero attached hydrogens (tertiary/aromatic N) is 1. The van der Waals surface area contributed by atoms with Gasteiger partial charge in [0.05, 0.1) is 23.6 Å². The molecule has 0 aliphatic heterocycles. The second kappa shape index (κ2) is 9.49. The van der Waals surface area contributed by atoms with E-state index in [0.717, 1.165) is 5.56 Å². The fraction of sp³-hybridized carbons (Fsp3) is 0.273. The SMILES string of the molecule is COC(=O)c1ccc2c(=O)n(CCC(=O)NC[C@H](C)c3ccccc3)c(=S)[nH]c2c1. The highest BCUT2D eigenvalue weighted by molar-refractivity contribution is 7.71. The second-order valence-corrected chi connectivity index (χ2v) is 7.39. The highest BCUT2D eigenvalue weighted by Crippen LogP contribution is 2.14. The predicted molar refractivity (Wildman–Crippen MR) is 117 cm³/mol. The molecule has 3 rings (SSSR count). The van der Waals surface area contributed by atoms with E-state index in [1.165, 1.54) is 23.8 Å². The Morgan fingerprint density at radius 3 is 2.63 bits per heavy atom. The lowest BCUT2D eigenvalue weighted by Gasteiger charge is -2.13. The van der Waals surface area contributed by atoms with Crippen LogP contribution in [0.2, 0.25) is 0 Å². The van der Waals surface area contributed by atoms with E-state index < -0.39 is 5.97 Å². The van der Waals surface area contributed by atoms with Crippen molar-refractivity contribution in [1.82, 2.24) is 14.9 Å². The number of ether oxygens (including phenoxy) is 1. The summed E-state index contributed by atoms with van der Waals surface area (Å²) in [6.07, 6.45) is 0.130. The zero-order valence-corrected chi connectivity index (χ0v) is 17.6. The number of aromatic nitrogens is 2. The molecular formula is C22H23N3O4S. The van der Waals surface area contributed by atoms with Gasteiger partial charge in [-0.05, 0) is 41.9 Å². The van der Waals surface area contributed by atoms with E-state index in [0.29, 0.717) is 23.0 Å². The van der Waals surface area contributed by atoms with Crippen LogP contribution < -0.4 is 10.9 Å². The van der Waals surface area contributed by atoms with Gasteiger partial charge >= 0.3 is 5.97 Å². The third-order valence-electron chi connectivity index (χ3n) is 4.94. The van der Waals surface area contributed by atoms with Gasteiger partial charge in [-0.25, -0.2) is 4.79 Å². The molecule has 8 heteroatoms. The average molecular weight is 426 g/mol. The number of carbonyl (C=O) groups excluding carboxylic acids is 2. The van der Waals surface area contributed by atoms with Gasteiger partial charge in [0, 0.05) is 19.5 Å². The number of amides is 1. The summed E-state index contributed by atoms with van der Waals surface area (Å²) >= 11 is 5.29. The van der Waals surface area contributed by atoms with Crippen LogP contribution in [-0.2, 0) is 16.1 Å². The van der Waals surface area contributed by atoms with Crippen LogP contribution in [0.3, 0.4) is 0 Å². The fourth-order valence-electron chi connectivity index (χ4n) is 3.17. The molecule has 1 heterocycles. The maximum absolute atomic E-state index is 12.8. The molecule has 156 valence electrons. The number of carbonyl (C=O) groups is 2. The molecule has 2 aromatic carbocycles. The van der Waals surface area contributed by atoms with Gasteiger partial charge in [-0.3, -0.25) is 14.2 Å². The first-order valence-electron chi connectivity index (χ1n) is 9.57. The Morgan fingerprint density at radius 1 is 1.20 bits per heavy atom. The van der Waals surface area contributed by atoms with E-state index in [9.17, 15) is 14.4 Å². The molecule has 1 amide bonds. The molecule has 1 atom stereocenters. The standard InChI is InChI=1S/C22H23N3O4S/c1-14(15-6-4-3-5-7-15)13-23-19(26)10-11-25-20(27)17-9-8-16(21(28)29-2)12-18(17)24-22(25)30/h3-9,12,14H,10-11,13H2,1-2H3,(H,23,26)(H,24,30)/t14-/m0/s1. The monoisotopic (exact) mass is 425 g/mol. The molecule has 0 fully saturated rings. The van der Waals surface area contributed by atoms with Crippen molar-refractivity contribution in [2.75, 3.05) is 13.7 Å². The summed E-state index contributed by atoms with van der Waals surface area (Å²) < 4.78 is 6.25. The molecule has 30 heavy (non-hydrogen) atoms. The van der Waals surface area contributed by atoms with E-state index in [1.807, 2.05) is 37.3 Å². The summed E-state index contributed by atoms with van der Waals surface area (Å²) in [7, 11) is 1.29. The molecule has 0 saturated heterocycles. The highest BCUT2D eigenvalue weighted by atomic mass is 32.1. The number of rotatable bonds is 7. The number of benzene rings is 2. The van der Waals surface area contributed by atoms with Crippen molar-refractivity contribution in [3.8, 4) is 0 Å². The van der Waals surface area contributed by atoms with Gasteiger partial charge in [0.15, 0.2) is 4.77 Å². The number of H-pyrrole nitrogens is 1. The quantitative estimate of drug-likeness (QED) is 0.448. The van der Waals surface area contributed by atoms with Crippen molar-refractivity contribution >= 4 is 35.0 Å². The van der Waals surface area contributed by atoms with Crippen LogP contribution in [0.1, 0.15) is 35.2 Å². The molecule has 1 aromatic heterocycles. The smallest absolute Gasteiger partial charge is 0.337 e. The van der Waals surface area contributed by atoms with Crippen LogP contribution in [0, 0.1) is 4.77 Å². The Morgan fingerprint density at radius 2 is 1.93 bits per heavy atom. The molecular weight excluding hydrogens is 402 g/mol. The third-order valence-corrected chi connectivity index (χ3v) is 5.26. The van der Waals surface area contributed by atoms with Crippen LogP contribution in [0.4, 0.5) is 0 Å². The Kier molecular flexibility index (Phi) is 6.79. The molecule has 2 N–H and O–H groups in total. The first kappa shape index (κ1) is 21.4. The lowest BCUT2D eigenvalue weighted by atomic mass is 10.0. The summed E-state index contributed by atoms with van der Waals surface area (Å²) in [5.41, 5.74) is 1.61. The Hall–Kier alpha value is -3.26. The Bertz CT molecular complexity index is 1180. The fourth-order valence-corrected chi connectivity index (χ4v) is 3.45. The van der Waals surface area contributed by atoms with E-state index in [2.05, 4.69) is 10.3 Å². The summed E-state index contributed by atoms with van der Waals surface area (Å²) in [6, 6.07) is 14.5. The minimum Gasteiger partial charge on any atom is -0.465 e. The summed E-state index contributed by atoms with van der Waals surface area (Å²) in [5.74, 6) is -0.465. The van der Waals surface area contributed by atoms with E-state index in [4.69, 9.17) is 17.0 Å². The normalized spacial score (nSPS) is 11.8. The highest BCUT2D eigenvalue weighted by Gasteiger charge is 2.12. The zero-order valence-electron chi connectivity index (χ0n) is 16.8. The Balaban J connectivity index is 1.68. The van der Waals surface area contributed by atoms with Crippen LogP contribution in [0.25, 0.3) is 10.9 Å². The lowest BCUT2D eigenvalue weighted by Crippen LogP contribution is -2.30. The molecule has 0 aliphatic rings. The van der Waals surface area contributed by atoms with Gasteiger partial charge in [0.1, 0.15) is 0 Å². The van der Waals surface area contributed by atoms with E-state index in [-0.39, 0.29) is 35.1 Å². The molecule has 3 aromatic rings. The molecule has 0 saturated carbocycles. The van der Waals surface area contributed by atoms with Crippen molar-refractivity contribution in [2.45, 2.75) is 25.8 Å². The maximum atomic E-state index is 12.8. The van der Waals surface area contributed by atoms with Crippen molar-refractivity contribution in [1.29, 1.82) is 0 Å². The van der Waals surface area contributed by atoms with Crippen LogP contribution in [0.15, 0.2) is 53.3 Å². The van der Waals surface area contributed by atoms with Crippen molar-refractivity contribution < 1.29 is 14.3 Å². The number of nitrogens with one attached hydrogen (secondary N) is 2. The van der Waals surface area contributed by atoms with Gasteiger partial charge in [0.25, 0.3) is 5.56 Å². The lowest BCUT2D eigenvalue weighted by molar-refractivity contribution is -0.121. The molecule has 0 bridgehead atoms. The first-order chi connectivity index (χ1) is 14.4. The van der Waals surface area contributed by atoms with Gasteiger partial charge < -0.3 is 15.0 Å². The van der Waals surface area contributed by atoms with Crippen LogP contribution in [0.5, 0.6) is 0 Å². The Labute approximate surface area is 178 Å². The number of methoxy groups -OCH3 is 1. The molecule has 7 nitrogen and oxygen atoms in total. The number of aromatic amines is 1. The predicted octanol–water partition coefficient (Wildman–Crippen LogP) is 3.16. The maximum Gasteiger partial charge on any atom is 0.337 e. The van der Waals surface area contributed by atoms with Gasteiger partial charge in [0.2, 0.25) is 5.91 Å². The zero-order chi connectivity index (χ0) is 21.7. The molecule has 0 unspecified atom stereocenters. The summed E-state index contributed by atoms with van der Waals surface area (Å²) in [6.45, 7) is 2.72. The summed E-state index contributed by atoms with van der Waals surface area (Å²) in [5, 5.41) is 3.29. The van der Waals surface area contributed by atoms with Gasteiger partial charge in [-0.15, -0.1) is 0 Å². The van der Waals surface area contributed by atoms with Crippen molar-refractivity contribution in [3.63, 3.8) is 0 Å². The minimum atomic E-state index is -0.498. The summed E-state index contributed by atoms with van der Waals surface area (Å²) in [4.78, 5) is 39.7. The van der Waals surface area contributed by atoms with Gasteiger partial charge in [-0.2, -0.15) is 0 Å². The molecule has 0 aliphatic carbocycles. The average Bonchev–Trinajstić information content (AvgIpc) is 2.76. The largest absolute Gasteiger partial charge is 0.465 e. The molecule has 0 spiro atoms. The first-order valence-corrected chi connectivity index (χ1v) is 9.98. The molecule has 0 radical (unpaired) electrons. The van der Waals surface area contributed by atoms with Crippen LogP contribution >= 0.6 is 12.2 Å². The van der Waals surface area contributed by atoms with E-state index in [1.54, 1.807) is 6.07 Å². The number of hydrogen-bond donors (Lipinski definition) is 2. The van der Waals surface area contributed by atoms with Crippen molar-refractivity contribution in [3.05, 3.63) is 74.8 Å². The minimum absolute atomic E-state index is 0.130. The second-order valence-electron chi connectivity index (χ2n) is 7.00. The topological polar surface area (TPSA) is 93.2 Å². The van der Waals surface area contributed by atoms with Crippen LogP contribution in [-0.4, -0.2) is 35.1 Å². The number of hydrogen-bond acceptors (Lipinski definition) is 5. The number of esters is 1. The van der Waals surface area contributed by atoms with Gasteiger partial charge in [-0.1, -0.05) is 37.3 Å². The third kappa shape index (κ3) is 4.83. The number of fused-ring (bicyclic) bond motifs is 1. The van der Waals surface area contributed by atoms with E-state index >= 15 is 0 Å².